The second-order valence-corrected chi connectivity index (χ2v) is 5.83. The van der Waals surface area contributed by atoms with Gasteiger partial charge in [0.1, 0.15) is 0 Å². The van der Waals surface area contributed by atoms with Crippen molar-refractivity contribution in [3.63, 3.8) is 0 Å². The van der Waals surface area contributed by atoms with Gasteiger partial charge in [-0.1, -0.05) is 11.6 Å². The lowest BCUT2D eigenvalue weighted by Crippen LogP contribution is -2.55. The van der Waals surface area contributed by atoms with Crippen LogP contribution in [0.2, 0.25) is 5.02 Å². The fraction of sp³-hybridized carbons (Fsp3) is 0.692. The Morgan fingerprint density at radius 3 is 2.68 bits per heavy atom. The van der Waals surface area contributed by atoms with Crippen LogP contribution in [0.1, 0.15) is 39.3 Å². The quantitative estimate of drug-likeness (QED) is 0.804. The van der Waals surface area contributed by atoms with Crippen LogP contribution in [0.5, 0.6) is 0 Å². The molecule has 0 aliphatic rings. The first-order chi connectivity index (χ1) is 8.74. The Bertz CT molecular complexity index is 424. The lowest BCUT2D eigenvalue weighted by Gasteiger charge is -2.29. The molecule has 1 rings (SSSR count). The molecule has 0 spiro atoms. The molecule has 0 bridgehead atoms. The van der Waals surface area contributed by atoms with E-state index in [1.807, 2.05) is 27.7 Å². The molecule has 0 radical (unpaired) electrons. The van der Waals surface area contributed by atoms with Crippen molar-refractivity contribution in [3.8, 4) is 0 Å². The zero-order valence-electron chi connectivity index (χ0n) is 12.0. The Morgan fingerprint density at radius 2 is 2.26 bits per heavy atom. The maximum Gasteiger partial charge on any atom is 0.237 e. The van der Waals surface area contributed by atoms with Gasteiger partial charge in [-0.25, -0.2) is 0 Å². The third-order valence-electron chi connectivity index (χ3n) is 3.10. The summed E-state index contributed by atoms with van der Waals surface area (Å²) >= 11 is 5.95. The van der Waals surface area contributed by atoms with Crippen molar-refractivity contribution in [2.75, 3.05) is 0 Å². The molecule has 1 aromatic heterocycles. The van der Waals surface area contributed by atoms with Crippen LogP contribution in [0, 0.1) is 6.92 Å². The van der Waals surface area contributed by atoms with E-state index in [9.17, 15) is 4.79 Å². The first kappa shape index (κ1) is 16.0. The monoisotopic (exact) mass is 286 g/mol. The van der Waals surface area contributed by atoms with Crippen LogP contribution in [-0.2, 0) is 11.3 Å². The Morgan fingerprint density at radius 1 is 1.63 bits per heavy atom. The average Bonchev–Trinajstić information content (AvgIpc) is 2.57. The molecule has 1 amide bonds. The molecule has 1 aromatic rings. The number of amides is 1. The second kappa shape index (κ2) is 6.39. The van der Waals surface area contributed by atoms with Gasteiger partial charge in [0, 0.05) is 18.8 Å². The van der Waals surface area contributed by atoms with Crippen molar-refractivity contribution < 1.29 is 4.79 Å². The Labute approximate surface area is 119 Å². The van der Waals surface area contributed by atoms with Crippen molar-refractivity contribution in [1.82, 2.24) is 15.1 Å². The lowest BCUT2D eigenvalue weighted by molar-refractivity contribution is -0.124. The van der Waals surface area contributed by atoms with Gasteiger partial charge >= 0.3 is 0 Å². The molecular weight excluding hydrogens is 264 g/mol. The van der Waals surface area contributed by atoms with E-state index < -0.39 is 5.54 Å². The molecule has 0 aliphatic carbocycles. The van der Waals surface area contributed by atoms with E-state index in [0.29, 0.717) is 11.4 Å². The predicted octanol–water partition coefficient (Wildman–Crippen LogP) is 1.87. The van der Waals surface area contributed by atoms with Crippen LogP contribution >= 0.6 is 11.6 Å². The lowest BCUT2D eigenvalue weighted by atomic mass is 9.94. The molecule has 1 unspecified atom stereocenters. The third-order valence-corrected chi connectivity index (χ3v) is 3.47. The zero-order valence-corrected chi connectivity index (χ0v) is 12.8. The summed E-state index contributed by atoms with van der Waals surface area (Å²) in [6.07, 6.45) is 3.27. The van der Waals surface area contributed by atoms with Gasteiger partial charge in [-0.3, -0.25) is 9.48 Å². The molecule has 3 N–H and O–H groups in total. The molecular formula is C13H23ClN4O. The first-order valence-electron chi connectivity index (χ1n) is 6.52. The summed E-state index contributed by atoms with van der Waals surface area (Å²) in [4.78, 5) is 11.6. The number of aromatic nitrogens is 2. The minimum atomic E-state index is -0.680. The minimum Gasteiger partial charge on any atom is -0.368 e. The number of nitrogens with two attached hydrogens (primary N) is 1. The molecule has 0 fully saturated rings. The smallest absolute Gasteiger partial charge is 0.237 e. The van der Waals surface area contributed by atoms with Crippen LogP contribution in [0.4, 0.5) is 0 Å². The van der Waals surface area contributed by atoms with Crippen LogP contribution in [-0.4, -0.2) is 27.3 Å². The predicted molar refractivity (Wildman–Crippen MR) is 77.1 cm³/mol. The van der Waals surface area contributed by atoms with E-state index in [1.165, 1.54) is 0 Å². The second-order valence-electron chi connectivity index (χ2n) is 5.42. The van der Waals surface area contributed by atoms with Gasteiger partial charge in [0.15, 0.2) is 0 Å². The highest BCUT2D eigenvalue weighted by molar-refractivity contribution is 6.31. The Balaban J connectivity index is 2.55. The topological polar surface area (TPSA) is 72.9 Å². The summed E-state index contributed by atoms with van der Waals surface area (Å²) in [5.74, 6) is -0.323. The SMILES string of the molecule is Cc1nn(CCCC(C)(NC(C)C)C(N)=O)cc1Cl. The number of nitrogens with one attached hydrogen (secondary N) is 1. The van der Waals surface area contributed by atoms with Crippen LogP contribution < -0.4 is 11.1 Å². The minimum absolute atomic E-state index is 0.207. The van der Waals surface area contributed by atoms with Crippen LogP contribution in [0.15, 0.2) is 6.20 Å². The third kappa shape index (κ3) is 4.51. The first-order valence-corrected chi connectivity index (χ1v) is 6.89. The van der Waals surface area contributed by atoms with Gasteiger partial charge in [-0.15, -0.1) is 0 Å². The highest BCUT2D eigenvalue weighted by atomic mass is 35.5. The Kier molecular flexibility index (Phi) is 5.38. The normalized spacial score (nSPS) is 14.6. The van der Waals surface area contributed by atoms with Gasteiger partial charge < -0.3 is 11.1 Å². The largest absolute Gasteiger partial charge is 0.368 e. The number of hydrogen-bond donors (Lipinski definition) is 2. The summed E-state index contributed by atoms with van der Waals surface area (Å²) in [5.41, 5.74) is 5.62. The number of aryl methyl sites for hydroxylation is 2. The summed E-state index contributed by atoms with van der Waals surface area (Å²) in [7, 11) is 0. The fourth-order valence-electron chi connectivity index (χ4n) is 2.11. The van der Waals surface area contributed by atoms with Gasteiger partial charge in [-0.2, -0.15) is 5.10 Å². The molecule has 6 heteroatoms. The van der Waals surface area contributed by atoms with E-state index in [4.69, 9.17) is 17.3 Å². The van der Waals surface area contributed by atoms with Gasteiger partial charge in [0.2, 0.25) is 5.91 Å². The molecule has 19 heavy (non-hydrogen) atoms. The average molecular weight is 287 g/mol. The summed E-state index contributed by atoms with van der Waals surface area (Å²) < 4.78 is 1.80. The summed E-state index contributed by atoms with van der Waals surface area (Å²) in [6, 6.07) is 0.207. The fourth-order valence-corrected chi connectivity index (χ4v) is 2.26. The number of carbonyl (C=O) groups excluding carboxylic acids is 1. The van der Waals surface area contributed by atoms with E-state index in [0.717, 1.165) is 18.7 Å². The number of hydrogen-bond acceptors (Lipinski definition) is 3. The number of carbonyl (C=O) groups is 1. The molecule has 1 heterocycles. The van der Waals surface area contributed by atoms with Gasteiger partial charge in [-0.05, 0) is 40.5 Å². The molecule has 0 aliphatic heterocycles. The molecule has 108 valence electrons. The molecule has 0 saturated carbocycles. The maximum atomic E-state index is 11.6. The molecule has 0 saturated heterocycles. The molecule has 5 nitrogen and oxygen atoms in total. The van der Waals surface area contributed by atoms with Crippen molar-refractivity contribution in [2.45, 2.75) is 58.7 Å². The van der Waals surface area contributed by atoms with Gasteiger partial charge in [0.25, 0.3) is 0 Å². The standard InChI is InChI=1S/C13H23ClN4O/c1-9(2)16-13(4,12(15)19)6-5-7-18-8-11(14)10(3)17-18/h8-9,16H,5-7H2,1-4H3,(H2,15,19). The van der Waals surface area contributed by atoms with Crippen molar-refractivity contribution in [3.05, 3.63) is 16.9 Å². The number of halogens is 1. The highest BCUT2D eigenvalue weighted by Crippen LogP contribution is 2.16. The van der Waals surface area contributed by atoms with E-state index >= 15 is 0 Å². The van der Waals surface area contributed by atoms with E-state index in [-0.39, 0.29) is 11.9 Å². The summed E-state index contributed by atoms with van der Waals surface area (Å²) in [6.45, 7) is 8.43. The van der Waals surface area contributed by atoms with Gasteiger partial charge in [0.05, 0.1) is 16.3 Å². The van der Waals surface area contributed by atoms with Crippen LogP contribution in [0.25, 0.3) is 0 Å². The zero-order chi connectivity index (χ0) is 14.6. The van der Waals surface area contributed by atoms with E-state index in [2.05, 4.69) is 10.4 Å². The number of nitrogens with zero attached hydrogens (tertiary/aromatic N) is 2. The van der Waals surface area contributed by atoms with Crippen molar-refractivity contribution >= 4 is 17.5 Å². The molecule has 0 aromatic carbocycles. The maximum absolute atomic E-state index is 11.6. The van der Waals surface area contributed by atoms with E-state index in [1.54, 1.807) is 10.9 Å². The summed E-state index contributed by atoms with van der Waals surface area (Å²) in [5, 5.41) is 8.18. The van der Waals surface area contributed by atoms with Crippen LogP contribution in [0.3, 0.4) is 0 Å². The Hall–Kier alpha value is -1.07. The number of rotatable bonds is 7. The van der Waals surface area contributed by atoms with Crippen molar-refractivity contribution in [2.24, 2.45) is 5.73 Å². The number of primary amides is 1. The van der Waals surface area contributed by atoms with Crippen molar-refractivity contribution in [1.29, 1.82) is 0 Å². The highest BCUT2D eigenvalue weighted by Gasteiger charge is 2.30. The molecule has 1 atom stereocenters.